The molecule has 0 aromatic carbocycles. The first-order chi connectivity index (χ1) is 6.61. The van der Waals surface area contributed by atoms with Crippen molar-refractivity contribution in [2.45, 2.75) is 12.5 Å². The number of ether oxygens (including phenoxy) is 1. The molecule has 1 amide bonds. The first kappa shape index (κ1) is 12.0. The second-order valence-electron chi connectivity index (χ2n) is 2.28. The Labute approximate surface area is 80.8 Å². The Balaban J connectivity index is 4.03. The summed E-state index contributed by atoms with van der Waals surface area (Å²) in [5.74, 6) is -1.28. The lowest BCUT2D eigenvalue weighted by molar-refractivity contribution is -0.139. The Hall–Kier alpha value is -2.03. The van der Waals surface area contributed by atoms with Crippen molar-refractivity contribution in [3.63, 3.8) is 0 Å². The van der Waals surface area contributed by atoms with Crippen LogP contribution in [0.15, 0.2) is 12.7 Å². The standard InChI is InChI=1S/C8H10N2O4/c1-2-5-14-8(13)10-6(3-4-9)7(11)12/h2,6H,1,3,5H2,(H,10,13)(H,11,12). The van der Waals surface area contributed by atoms with E-state index in [4.69, 9.17) is 10.4 Å². The van der Waals surface area contributed by atoms with E-state index in [9.17, 15) is 9.59 Å². The number of nitrogens with zero attached hydrogens (tertiary/aromatic N) is 1. The monoisotopic (exact) mass is 198 g/mol. The van der Waals surface area contributed by atoms with Crippen LogP contribution in [-0.4, -0.2) is 29.8 Å². The van der Waals surface area contributed by atoms with Crippen LogP contribution >= 0.6 is 0 Å². The summed E-state index contributed by atoms with van der Waals surface area (Å²) in [7, 11) is 0. The Morgan fingerprint density at radius 1 is 1.71 bits per heavy atom. The molecule has 0 aliphatic rings. The van der Waals surface area contributed by atoms with Crippen molar-refractivity contribution in [2.75, 3.05) is 6.61 Å². The van der Waals surface area contributed by atoms with E-state index in [1.54, 1.807) is 6.07 Å². The number of hydrogen-bond donors (Lipinski definition) is 2. The first-order valence-corrected chi connectivity index (χ1v) is 3.75. The van der Waals surface area contributed by atoms with Crippen LogP contribution in [-0.2, 0) is 9.53 Å². The number of amides is 1. The number of nitriles is 1. The topological polar surface area (TPSA) is 99.4 Å². The van der Waals surface area contributed by atoms with Crippen LogP contribution in [0.4, 0.5) is 4.79 Å². The minimum absolute atomic E-state index is 0.00920. The molecule has 14 heavy (non-hydrogen) atoms. The molecule has 0 radical (unpaired) electrons. The second kappa shape index (κ2) is 6.48. The van der Waals surface area contributed by atoms with Gasteiger partial charge in [-0.2, -0.15) is 5.26 Å². The van der Waals surface area contributed by atoms with E-state index in [1.165, 1.54) is 6.08 Å². The molecule has 6 nitrogen and oxygen atoms in total. The molecule has 1 unspecified atom stereocenters. The van der Waals surface area contributed by atoms with Gasteiger partial charge in [-0.15, -0.1) is 0 Å². The summed E-state index contributed by atoms with van der Waals surface area (Å²) in [4.78, 5) is 21.3. The number of rotatable bonds is 5. The van der Waals surface area contributed by atoms with Gasteiger partial charge in [0.2, 0.25) is 0 Å². The maximum absolute atomic E-state index is 10.8. The number of carbonyl (C=O) groups excluding carboxylic acids is 1. The highest BCUT2D eigenvalue weighted by molar-refractivity contribution is 5.80. The molecule has 0 aromatic heterocycles. The van der Waals surface area contributed by atoms with Crippen LogP contribution < -0.4 is 5.32 Å². The summed E-state index contributed by atoms with van der Waals surface area (Å²) in [5.41, 5.74) is 0. The Morgan fingerprint density at radius 3 is 2.79 bits per heavy atom. The highest BCUT2D eigenvalue weighted by Crippen LogP contribution is 1.92. The third-order valence-corrected chi connectivity index (χ3v) is 1.22. The minimum atomic E-state index is -1.28. The van der Waals surface area contributed by atoms with Crippen molar-refractivity contribution < 1.29 is 19.4 Å². The number of aliphatic carboxylic acids is 1. The number of carboxylic acid groups (broad SMARTS) is 1. The van der Waals surface area contributed by atoms with Gasteiger partial charge < -0.3 is 15.2 Å². The number of carboxylic acids is 1. The van der Waals surface area contributed by atoms with Gasteiger partial charge in [-0.3, -0.25) is 0 Å². The summed E-state index contributed by atoms with van der Waals surface area (Å²) < 4.78 is 4.48. The van der Waals surface area contributed by atoms with Crippen LogP contribution in [0.3, 0.4) is 0 Å². The molecule has 76 valence electrons. The first-order valence-electron chi connectivity index (χ1n) is 3.75. The van der Waals surface area contributed by atoms with Gasteiger partial charge in [0.25, 0.3) is 0 Å². The van der Waals surface area contributed by atoms with Gasteiger partial charge in [-0.1, -0.05) is 12.7 Å². The Kier molecular flexibility index (Phi) is 5.54. The van der Waals surface area contributed by atoms with E-state index in [2.05, 4.69) is 11.3 Å². The minimum Gasteiger partial charge on any atom is -0.480 e. The highest BCUT2D eigenvalue weighted by atomic mass is 16.5. The molecule has 6 heteroatoms. The molecule has 2 N–H and O–H groups in total. The molecular weight excluding hydrogens is 188 g/mol. The van der Waals surface area contributed by atoms with E-state index in [0.717, 1.165) is 0 Å². The quantitative estimate of drug-likeness (QED) is 0.617. The van der Waals surface area contributed by atoms with Crippen LogP contribution in [0.2, 0.25) is 0 Å². The van der Waals surface area contributed by atoms with Crippen LogP contribution in [0.1, 0.15) is 6.42 Å². The molecule has 0 rings (SSSR count). The molecule has 0 heterocycles. The molecular formula is C8H10N2O4. The predicted octanol–water partition coefficient (Wildman–Crippen LogP) is 0.265. The lowest BCUT2D eigenvalue weighted by atomic mass is 10.2. The van der Waals surface area contributed by atoms with E-state index in [0.29, 0.717) is 0 Å². The van der Waals surface area contributed by atoms with Gasteiger partial charge in [-0.05, 0) is 0 Å². The largest absolute Gasteiger partial charge is 0.480 e. The van der Waals surface area contributed by atoms with E-state index in [1.807, 2.05) is 5.32 Å². The number of hydrogen-bond acceptors (Lipinski definition) is 4. The van der Waals surface area contributed by atoms with Gasteiger partial charge in [0.05, 0.1) is 12.5 Å². The van der Waals surface area contributed by atoms with Crippen molar-refractivity contribution in [3.05, 3.63) is 12.7 Å². The number of carbonyl (C=O) groups is 2. The van der Waals surface area contributed by atoms with Gasteiger partial charge in [0.15, 0.2) is 0 Å². The van der Waals surface area contributed by atoms with Crippen LogP contribution in [0, 0.1) is 11.3 Å². The van der Waals surface area contributed by atoms with Gasteiger partial charge in [-0.25, -0.2) is 9.59 Å². The SMILES string of the molecule is C=CCOC(=O)NC(CC#N)C(=O)O. The average molecular weight is 198 g/mol. The molecule has 0 aliphatic heterocycles. The Bertz CT molecular complexity index is 269. The lowest BCUT2D eigenvalue weighted by Gasteiger charge is -2.10. The van der Waals surface area contributed by atoms with Gasteiger partial charge >= 0.3 is 12.1 Å². The molecule has 1 atom stereocenters. The fourth-order valence-corrected chi connectivity index (χ4v) is 0.610. The van der Waals surface area contributed by atoms with Gasteiger partial charge in [0.1, 0.15) is 12.6 Å². The molecule has 0 saturated carbocycles. The fourth-order valence-electron chi connectivity index (χ4n) is 0.610. The lowest BCUT2D eigenvalue weighted by Crippen LogP contribution is -2.40. The summed E-state index contributed by atoms with van der Waals surface area (Å²) in [6.45, 7) is 3.30. The highest BCUT2D eigenvalue weighted by Gasteiger charge is 2.19. The molecule has 0 spiro atoms. The molecule has 0 saturated heterocycles. The van der Waals surface area contributed by atoms with Crippen molar-refractivity contribution in [1.29, 1.82) is 5.26 Å². The maximum atomic E-state index is 10.8. The van der Waals surface area contributed by atoms with E-state index in [-0.39, 0.29) is 13.0 Å². The molecule has 0 aliphatic carbocycles. The van der Waals surface area contributed by atoms with E-state index < -0.39 is 18.1 Å². The zero-order chi connectivity index (χ0) is 11.0. The second-order valence-corrected chi connectivity index (χ2v) is 2.28. The van der Waals surface area contributed by atoms with Crippen molar-refractivity contribution in [2.24, 2.45) is 0 Å². The maximum Gasteiger partial charge on any atom is 0.408 e. The normalized spacial score (nSPS) is 10.8. The molecule has 0 fully saturated rings. The van der Waals surface area contributed by atoms with Gasteiger partial charge in [0, 0.05) is 0 Å². The van der Waals surface area contributed by atoms with Crippen LogP contribution in [0.5, 0.6) is 0 Å². The summed E-state index contributed by atoms with van der Waals surface area (Å²) in [6, 6.07) is 0.401. The summed E-state index contributed by atoms with van der Waals surface area (Å²) in [6.07, 6.45) is 0.158. The third kappa shape index (κ3) is 4.77. The molecule has 0 aromatic rings. The number of nitrogens with one attached hydrogen (secondary N) is 1. The van der Waals surface area contributed by atoms with Crippen LogP contribution in [0.25, 0.3) is 0 Å². The fraction of sp³-hybridized carbons (Fsp3) is 0.375. The van der Waals surface area contributed by atoms with E-state index >= 15 is 0 Å². The molecule has 0 bridgehead atoms. The Morgan fingerprint density at radius 2 is 2.36 bits per heavy atom. The smallest absolute Gasteiger partial charge is 0.408 e. The van der Waals surface area contributed by atoms with Crippen molar-refractivity contribution in [3.8, 4) is 6.07 Å². The summed E-state index contributed by atoms with van der Waals surface area (Å²) >= 11 is 0. The summed E-state index contributed by atoms with van der Waals surface area (Å²) in [5, 5.41) is 18.8. The average Bonchev–Trinajstić information content (AvgIpc) is 2.14. The predicted molar refractivity (Wildman–Crippen MR) is 46.3 cm³/mol. The number of alkyl carbamates (subject to hydrolysis) is 1. The zero-order valence-electron chi connectivity index (χ0n) is 7.40. The van der Waals surface area contributed by atoms with Crippen molar-refractivity contribution >= 4 is 12.1 Å². The zero-order valence-corrected chi connectivity index (χ0v) is 7.40. The van der Waals surface area contributed by atoms with Crippen molar-refractivity contribution in [1.82, 2.24) is 5.32 Å². The third-order valence-electron chi connectivity index (χ3n) is 1.22.